The van der Waals surface area contributed by atoms with Crippen LogP contribution >= 0.6 is 35.0 Å². The van der Waals surface area contributed by atoms with E-state index >= 15 is 0 Å². The van der Waals surface area contributed by atoms with Crippen molar-refractivity contribution in [2.45, 2.75) is 13.3 Å². The van der Waals surface area contributed by atoms with E-state index in [2.05, 4.69) is 17.1 Å². The van der Waals surface area contributed by atoms with Crippen LogP contribution in [-0.2, 0) is 0 Å². The molecule has 0 fully saturated rings. The molecule has 0 aliphatic rings. The van der Waals surface area contributed by atoms with Crippen LogP contribution in [0.1, 0.15) is 18.9 Å². The maximum absolute atomic E-state index is 5.87. The van der Waals surface area contributed by atoms with Crippen molar-refractivity contribution in [2.24, 2.45) is 15.9 Å². The number of rotatable bonds is 4. The van der Waals surface area contributed by atoms with Crippen LogP contribution in [-0.4, -0.2) is 17.1 Å². The number of nitrogens with two attached hydrogens (primary N) is 1. The maximum Gasteiger partial charge on any atom is 0.180 e. The Morgan fingerprint density at radius 2 is 2.18 bits per heavy atom. The topological polar surface area (TPSA) is 50.7 Å². The number of benzene rings is 1. The normalized spacial score (nSPS) is 12.3. The quantitative estimate of drug-likeness (QED) is 0.521. The molecule has 0 heterocycles. The van der Waals surface area contributed by atoms with Crippen LogP contribution < -0.4 is 5.73 Å². The van der Waals surface area contributed by atoms with E-state index in [-0.39, 0.29) is 0 Å². The van der Waals surface area contributed by atoms with Crippen molar-refractivity contribution >= 4 is 46.3 Å². The molecule has 1 aromatic rings. The zero-order valence-electron chi connectivity index (χ0n) is 9.36. The molecule has 0 atom stereocenters. The summed E-state index contributed by atoms with van der Waals surface area (Å²) in [4.78, 5) is 0. The van der Waals surface area contributed by atoms with Crippen LogP contribution in [0.2, 0.25) is 10.0 Å². The van der Waals surface area contributed by atoms with Crippen LogP contribution in [0.25, 0.3) is 0 Å². The molecule has 0 saturated heterocycles. The molecule has 0 aliphatic heterocycles. The predicted molar refractivity (Wildman–Crippen MR) is 78.4 cm³/mol. The lowest BCUT2D eigenvalue weighted by Crippen LogP contribution is -2.06. The summed E-state index contributed by atoms with van der Waals surface area (Å²) in [6.07, 6.45) is 2.64. The first-order valence-electron chi connectivity index (χ1n) is 5.08. The molecule has 1 aromatic carbocycles. The summed E-state index contributed by atoms with van der Waals surface area (Å²) in [6, 6.07) is 5.24. The molecule has 2 N–H and O–H groups in total. The molecular formula is C11H13Cl2N3S. The summed E-state index contributed by atoms with van der Waals surface area (Å²) < 4.78 is 0. The number of hydrogen-bond acceptors (Lipinski definition) is 3. The first-order chi connectivity index (χ1) is 8.13. The Labute approximate surface area is 115 Å². The molecule has 3 nitrogen and oxygen atoms in total. The Kier molecular flexibility index (Phi) is 6.40. The molecule has 0 spiro atoms. The second-order valence-electron chi connectivity index (χ2n) is 3.20. The Balaban J connectivity index is 2.61. The van der Waals surface area contributed by atoms with E-state index in [1.165, 1.54) is 11.8 Å². The zero-order chi connectivity index (χ0) is 12.7. The molecular weight excluding hydrogens is 277 g/mol. The lowest BCUT2D eigenvalue weighted by atomic mass is 10.2. The van der Waals surface area contributed by atoms with Gasteiger partial charge in [0.25, 0.3) is 0 Å². The molecule has 0 aromatic heterocycles. The Morgan fingerprint density at radius 1 is 1.41 bits per heavy atom. The highest BCUT2D eigenvalue weighted by molar-refractivity contribution is 8.13. The molecule has 0 aliphatic carbocycles. The summed E-state index contributed by atoms with van der Waals surface area (Å²) >= 11 is 13.1. The van der Waals surface area contributed by atoms with E-state index in [1.54, 1.807) is 18.3 Å². The minimum atomic E-state index is 0.461. The number of hydrogen-bond donors (Lipinski definition) is 1. The first kappa shape index (κ1) is 14.4. The molecule has 17 heavy (non-hydrogen) atoms. The van der Waals surface area contributed by atoms with Crippen LogP contribution in [0.3, 0.4) is 0 Å². The third-order valence-corrected chi connectivity index (χ3v) is 3.49. The fourth-order valence-corrected chi connectivity index (χ4v) is 1.81. The molecule has 0 saturated carbocycles. The van der Waals surface area contributed by atoms with Crippen molar-refractivity contribution in [1.82, 2.24) is 0 Å². The Morgan fingerprint density at radius 3 is 2.82 bits per heavy atom. The summed E-state index contributed by atoms with van der Waals surface area (Å²) in [7, 11) is 0. The van der Waals surface area contributed by atoms with Crippen molar-refractivity contribution in [3.8, 4) is 0 Å². The smallest absolute Gasteiger partial charge is 0.180 e. The highest BCUT2D eigenvalue weighted by atomic mass is 35.5. The van der Waals surface area contributed by atoms with Crippen molar-refractivity contribution in [3.05, 3.63) is 33.8 Å². The maximum atomic E-state index is 5.87. The van der Waals surface area contributed by atoms with Crippen molar-refractivity contribution < 1.29 is 0 Å². The predicted octanol–water partition coefficient (Wildman–Crippen LogP) is 3.79. The van der Waals surface area contributed by atoms with Crippen LogP contribution in [0.5, 0.6) is 0 Å². The lowest BCUT2D eigenvalue weighted by Gasteiger charge is -1.96. The van der Waals surface area contributed by atoms with E-state index < -0.39 is 0 Å². The van der Waals surface area contributed by atoms with Crippen molar-refractivity contribution in [3.63, 3.8) is 0 Å². The molecule has 0 amide bonds. The number of nitrogens with zero attached hydrogens (tertiary/aromatic N) is 2. The molecule has 0 bridgehead atoms. The average Bonchev–Trinajstić information content (AvgIpc) is 2.31. The van der Waals surface area contributed by atoms with E-state index in [9.17, 15) is 0 Å². The van der Waals surface area contributed by atoms with Gasteiger partial charge in [-0.1, -0.05) is 48.0 Å². The second kappa shape index (κ2) is 7.58. The average molecular weight is 290 g/mol. The number of halogens is 2. The van der Waals surface area contributed by atoms with E-state index in [4.69, 9.17) is 28.9 Å². The number of thioether (sulfide) groups is 1. The third-order valence-electron chi connectivity index (χ3n) is 1.76. The Bertz CT molecular complexity index is 433. The molecule has 0 radical (unpaired) electrons. The fraction of sp³-hybridized carbons (Fsp3) is 0.273. The van der Waals surface area contributed by atoms with Crippen LogP contribution in [0, 0.1) is 0 Å². The monoisotopic (exact) mass is 289 g/mol. The van der Waals surface area contributed by atoms with Gasteiger partial charge in [-0.3, -0.25) is 0 Å². The fourth-order valence-electron chi connectivity index (χ4n) is 0.981. The van der Waals surface area contributed by atoms with Gasteiger partial charge in [-0.25, -0.2) is 0 Å². The largest absolute Gasteiger partial charge is 0.377 e. The third kappa shape index (κ3) is 5.44. The summed E-state index contributed by atoms with van der Waals surface area (Å²) in [6.45, 7) is 2.08. The van der Waals surface area contributed by atoms with Gasteiger partial charge in [0, 0.05) is 5.75 Å². The lowest BCUT2D eigenvalue weighted by molar-refractivity contribution is 1.11. The number of amidine groups is 1. The van der Waals surface area contributed by atoms with Gasteiger partial charge in [-0.15, -0.1) is 5.10 Å². The van der Waals surface area contributed by atoms with Gasteiger partial charge in [0.1, 0.15) is 0 Å². The summed E-state index contributed by atoms with van der Waals surface area (Å²) in [5.74, 6) is 0.942. The van der Waals surface area contributed by atoms with Crippen molar-refractivity contribution in [1.29, 1.82) is 0 Å². The molecule has 0 unspecified atom stereocenters. The van der Waals surface area contributed by atoms with Crippen LogP contribution in [0.15, 0.2) is 28.4 Å². The van der Waals surface area contributed by atoms with Gasteiger partial charge in [-0.2, -0.15) is 5.10 Å². The van der Waals surface area contributed by atoms with Gasteiger partial charge in [0.2, 0.25) is 0 Å². The Hall–Kier alpha value is -0.710. The highest BCUT2D eigenvalue weighted by Gasteiger charge is 1.97. The van der Waals surface area contributed by atoms with Gasteiger partial charge >= 0.3 is 0 Å². The van der Waals surface area contributed by atoms with Crippen molar-refractivity contribution in [2.75, 3.05) is 5.75 Å². The summed E-state index contributed by atoms with van der Waals surface area (Å²) in [5.41, 5.74) is 6.46. The standard InChI is InChI=1S/C11H13Cl2N3S/c1-2-5-17-11(14)16-15-7-8-3-4-9(12)10(13)6-8/h3-4,6-7H,2,5H2,1H3,(H2,14,16). The van der Waals surface area contributed by atoms with Gasteiger partial charge < -0.3 is 5.73 Å². The van der Waals surface area contributed by atoms with E-state index in [0.717, 1.165) is 17.7 Å². The van der Waals surface area contributed by atoms with E-state index in [1.807, 2.05) is 6.07 Å². The molecule has 1 rings (SSSR count). The van der Waals surface area contributed by atoms with E-state index in [0.29, 0.717) is 15.2 Å². The molecule has 92 valence electrons. The minimum Gasteiger partial charge on any atom is -0.377 e. The second-order valence-corrected chi connectivity index (χ2v) is 5.13. The molecule has 6 heteroatoms. The van der Waals surface area contributed by atoms with Gasteiger partial charge in [0.15, 0.2) is 5.17 Å². The SMILES string of the molecule is CCCSC(N)=NN=Cc1ccc(Cl)c(Cl)c1. The van der Waals surface area contributed by atoms with Gasteiger partial charge in [0.05, 0.1) is 16.3 Å². The highest BCUT2D eigenvalue weighted by Crippen LogP contribution is 2.21. The minimum absolute atomic E-state index is 0.461. The van der Waals surface area contributed by atoms with Crippen LogP contribution in [0.4, 0.5) is 0 Å². The summed E-state index contributed by atoms with van der Waals surface area (Å²) in [5, 5.41) is 9.21. The zero-order valence-corrected chi connectivity index (χ0v) is 11.7. The first-order valence-corrected chi connectivity index (χ1v) is 6.82. The van der Waals surface area contributed by atoms with Gasteiger partial charge in [-0.05, 0) is 24.1 Å².